The third-order valence-electron chi connectivity index (χ3n) is 4.75. The van der Waals surface area contributed by atoms with Crippen LogP contribution in [0.1, 0.15) is 18.1 Å². The Bertz CT molecular complexity index is 1040. The van der Waals surface area contributed by atoms with Crippen molar-refractivity contribution in [3.8, 4) is 17.2 Å². The van der Waals surface area contributed by atoms with Crippen molar-refractivity contribution in [2.24, 2.45) is 0 Å². The molecular formula is C22H22N2O6. The molecule has 8 nitrogen and oxygen atoms in total. The zero-order chi connectivity index (χ0) is 21.8. The van der Waals surface area contributed by atoms with E-state index >= 15 is 0 Å². The molecule has 0 aliphatic carbocycles. The van der Waals surface area contributed by atoms with Gasteiger partial charge < -0.3 is 14.2 Å². The highest BCUT2D eigenvalue weighted by atomic mass is 16.5. The van der Waals surface area contributed by atoms with Gasteiger partial charge in [-0.05, 0) is 30.2 Å². The number of imide groups is 2. The molecule has 1 aliphatic heterocycles. The van der Waals surface area contributed by atoms with E-state index in [0.29, 0.717) is 34.9 Å². The van der Waals surface area contributed by atoms with Gasteiger partial charge in [0.05, 0.1) is 27.0 Å². The number of ether oxygens (including phenoxy) is 3. The second-order valence-electron chi connectivity index (χ2n) is 6.39. The fraction of sp³-hybridized carbons (Fsp3) is 0.227. The largest absolute Gasteiger partial charge is 0.496 e. The Morgan fingerprint density at radius 1 is 0.933 bits per heavy atom. The first-order valence-electron chi connectivity index (χ1n) is 9.24. The lowest BCUT2D eigenvalue weighted by Crippen LogP contribution is -2.54. The Morgan fingerprint density at radius 2 is 1.57 bits per heavy atom. The summed E-state index contributed by atoms with van der Waals surface area (Å²) in [6.45, 7) is 1.92. The second kappa shape index (κ2) is 8.69. The van der Waals surface area contributed by atoms with Crippen LogP contribution in [0.25, 0.3) is 6.08 Å². The van der Waals surface area contributed by atoms with Crippen molar-refractivity contribution in [3.05, 3.63) is 53.1 Å². The van der Waals surface area contributed by atoms with Gasteiger partial charge in [0.25, 0.3) is 11.8 Å². The van der Waals surface area contributed by atoms with Crippen LogP contribution in [0.3, 0.4) is 0 Å². The molecule has 1 aliphatic rings. The number of hydrogen-bond acceptors (Lipinski definition) is 6. The molecule has 0 unspecified atom stereocenters. The lowest BCUT2D eigenvalue weighted by Gasteiger charge is -2.28. The van der Waals surface area contributed by atoms with Gasteiger partial charge in [0, 0.05) is 11.6 Å². The highest BCUT2D eigenvalue weighted by molar-refractivity contribution is 6.39. The zero-order valence-corrected chi connectivity index (χ0v) is 17.1. The van der Waals surface area contributed by atoms with E-state index in [4.69, 9.17) is 14.2 Å². The maximum Gasteiger partial charge on any atom is 0.335 e. The number of para-hydroxylation sites is 1. The molecule has 4 amide bonds. The fourth-order valence-electron chi connectivity index (χ4n) is 3.23. The van der Waals surface area contributed by atoms with E-state index in [1.165, 1.54) is 27.4 Å². The maximum atomic E-state index is 13.2. The first kappa shape index (κ1) is 20.9. The summed E-state index contributed by atoms with van der Waals surface area (Å²) < 4.78 is 15.9. The normalized spacial score (nSPS) is 15.3. The summed E-state index contributed by atoms with van der Waals surface area (Å²) in [6.07, 6.45) is 1.98. The minimum Gasteiger partial charge on any atom is -0.496 e. The average Bonchev–Trinajstić information content (AvgIpc) is 2.76. The molecule has 0 radical (unpaired) electrons. The van der Waals surface area contributed by atoms with Gasteiger partial charge in [-0.15, -0.1) is 0 Å². The third kappa shape index (κ3) is 3.71. The molecule has 0 aromatic heterocycles. The minimum absolute atomic E-state index is 0.203. The predicted octanol–water partition coefficient (Wildman–Crippen LogP) is 2.94. The molecule has 1 saturated heterocycles. The van der Waals surface area contributed by atoms with Gasteiger partial charge in [0.2, 0.25) is 0 Å². The molecule has 30 heavy (non-hydrogen) atoms. The Morgan fingerprint density at radius 3 is 2.20 bits per heavy atom. The van der Waals surface area contributed by atoms with Crippen LogP contribution in [0.2, 0.25) is 0 Å². The molecule has 0 atom stereocenters. The highest BCUT2D eigenvalue weighted by Gasteiger charge is 2.37. The molecule has 0 spiro atoms. The molecule has 0 saturated carbocycles. The zero-order valence-electron chi connectivity index (χ0n) is 17.1. The SMILES string of the molecule is CCc1ccccc1N1C(=O)NC(=O)/C(=C/c2cc(OC)c(OC)cc2OC)C1=O. The molecule has 2 aromatic rings. The number of nitrogens with zero attached hydrogens (tertiary/aromatic N) is 1. The Kier molecular flexibility index (Phi) is 6.06. The maximum absolute atomic E-state index is 13.2. The van der Waals surface area contributed by atoms with Gasteiger partial charge in [-0.3, -0.25) is 14.9 Å². The number of hydrogen-bond donors (Lipinski definition) is 1. The summed E-state index contributed by atoms with van der Waals surface area (Å²) in [5.41, 5.74) is 1.45. The van der Waals surface area contributed by atoms with E-state index in [0.717, 1.165) is 10.5 Å². The molecule has 1 heterocycles. The van der Waals surface area contributed by atoms with E-state index in [2.05, 4.69) is 5.32 Å². The van der Waals surface area contributed by atoms with Crippen molar-refractivity contribution >= 4 is 29.6 Å². The number of benzene rings is 2. The van der Waals surface area contributed by atoms with Gasteiger partial charge in [0.15, 0.2) is 11.5 Å². The van der Waals surface area contributed by atoms with Crippen LogP contribution < -0.4 is 24.4 Å². The Balaban J connectivity index is 2.11. The number of nitrogens with one attached hydrogen (secondary N) is 1. The average molecular weight is 410 g/mol. The van der Waals surface area contributed by atoms with Crippen LogP contribution in [0, 0.1) is 0 Å². The predicted molar refractivity (Wildman–Crippen MR) is 111 cm³/mol. The summed E-state index contributed by atoms with van der Waals surface area (Å²) in [5.74, 6) is -0.297. The Labute approximate surface area is 174 Å². The molecule has 156 valence electrons. The van der Waals surface area contributed by atoms with Crippen LogP contribution in [0.4, 0.5) is 10.5 Å². The first-order valence-corrected chi connectivity index (χ1v) is 9.24. The molecule has 3 rings (SSSR count). The smallest absolute Gasteiger partial charge is 0.335 e. The number of urea groups is 1. The number of methoxy groups -OCH3 is 3. The van der Waals surface area contributed by atoms with E-state index in [1.807, 2.05) is 19.1 Å². The van der Waals surface area contributed by atoms with Crippen molar-refractivity contribution in [2.45, 2.75) is 13.3 Å². The van der Waals surface area contributed by atoms with Crippen LogP contribution in [0.15, 0.2) is 42.0 Å². The highest BCUT2D eigenvalue weighted by Crippen LogP contribution is 2.36. The Hall–Kier alpha value is -3.81. The molecule has 1 N–H and O–H groups in total. The lowest BCUT2D eigenvalue weighted by atomic mass is 10.0. The number of barbiturate groups is 1. The molecular weight excluding hydrogens is 388 g/mol. The van der Waals surface area contributed by atoms with Crippen molar-refractivity contribution < 1.29 is 28.6 Å². The standard InChI is InChI=1S/C22H22N2O6/c1-5-13-8-6-7-9-16(13)24-21(26)15(20(25)23-22(24)27)10-14-11-18(29-3)19(30-4)12-17(14)28-2/h6-12H,5H2,1-4H3,(H,23,25,27)/b15-10-. The summed E-state index contributed by atoms with van der Waals surface area (Å²) >= 11 is 0. The summed E-state index contributed by atoms with van der Waals surface area (Å²) in [6, 6.07) is 9.44. The molecule has 1 fully saturated rings. The van der Waals surface area contributed by atoms with Crippen molar-refractivity contribution in [1.29, 1.82) is 0 Å². The van der Waals surface area contributed by atoms with Crippen LogP contribution >= 0.6 is 0 Å². The molecule has 2 aromatic carbocycles. The molecule has 0 bridgehead atoms. The summed E-state index contributed by atoms with van der Waals surface area (Å²) in [7, 11) is 4.42. The van der Waals surface area contributed by atoms with E-state index in [1.54, 1.807) is 24.3 Å². The number of carbonyl (C=O) groups is 3. The quantitative estimate of drug-likeness (QED) is 0.581. The van der Waals surface area contributed by atoms with Gasteiger partial charge in [-0.2, -0.15) is 0 Å². The lowest BCUT2D eigenvalue weighted by molar-refractivity contribution is -0.122. The van der Waals surface area contributed by atoms with Crippen molar-refractivity contribution in [1.82, 2.24) is 5.32 Å². The topological polar surface area (TPSA) is 94.2 Å². The third-order valence-corrected chi connectivity index (χ3v) is 4.75. The van der Waals surface area contributed by atoms with Gasteiger partial charge >= 0.3 is 6.03 Å². The van der Waals surface area contributed by atoms with Crippen molar-refractivity contribution in [3.63, 3.8) is 0 Å². The minimum atomic E-state index is -0.790. The molecule has 8 heteroatoms. The van der Waals surface area contributed by atoms with Crippen LogP contribution in [-0.4, -0.2) is 39.2 Å². The first-order chi connectivity index (χ1) is 14.4. The van der Waals surface area contributed by atoms with Crippen molar-refractivity contribution in [2.75, 3.05) is 26.2 Å². The van der Waals surface area contributed by atoms with E-state index < -0.39 is 17.8 Å². The number of anilines is 1. The van der Waals surface area contributed by atoms with E-state index in [-0.39, 0.29) is 5.57 Å². The number of aryl methyl sites for hydroxylation is 1. The summed E-state index contributed by atoms with van der Waals surface area (Å²) in [5, 5.41) is 2.23. The van der Waals surface area contributed by atoms with Gasteiger partial charge in [-0.25, -0.2) is 9.69 Å². The number of amides is 4. The van der Waals surface area contributed by atoms with E-state index in [9.17, 15) is 14.4 Å². The number of carbonyl (C=O) groups excluding carboxylic acids is 3. The summed E-state index contributed by atoms with van der Waals surface area (Å²) in [4.78, 5) is 39.1. The monoisotopic (exact) mass is 410 g/mol. The van der Waals surface area contributed by atoms with Gasteiger partial charge in [0.1, 0.15) is 11.3 Å². The fourth-order valence-corrected chi connectivity index (χ4v) is 3.23. The van der Waals surface area contributed by atoms with Crippen LogP contribution in [0.5, 0.6) is 17.2 Å². The second-order valence-corrected chi connectivity index (χ2v) is 6.39. The number of rotatable bonds is 6. The van der Waals surface area contributed by atoms with Gasteiger partial charge in [-0.1, -0.05) is 25.1 Å². The van der Waals surface area contributed by atoms with Crippen LogP contribution in [-0.2, 0) is 16.0 Å².